The lowest BCUT2D eigenvalue weighted by Gasteiger charge is -2.36. The molecule has 0 aliphatic carbocycles. The zero-order valence-electron chi connectivity index (χ0n) is 14.3. The van der Waals surface area contributed by atoms with Gasteiger partial charge in [0.2, 0.25) is 0 Å². The Morgan fingerprint density at radius 2 is 2.00 bits per heavy atom. The third-order valence-corrected chi connectivity index (χ3v) is 4.36. The highest BCUT2D eigenvalue weighted by Crippen LogP contribution is 2.20. The van der Waals surface area contributed by atoms with Gasteiger partial charge in [-0.3, -0.25) is 0 Å². The predicted molar refractivity (Wildman–Crippen MR) is 88.3 cm³/mol. The van der Waals surface area contributed by atoms with Crippen molar-refractivity contribution in [3.05, 3.63) is 29.8 Å². The molecule has 0 aromatic heterocycles. The minimum Gasteiger partial charge on any atom is -0.435 e. The summed E-state index contributed by atoms with van der Waals surface area (Å²) in [4.78, 5) is 16.4. The molecule has 2 rings (SSSR count). The number of carbonyl (C=O) groups excluding carboxylic acids is 1. The SMILES string of the molecule is C[C@H](NC(=O)N1CCC[C@@H](N(C)C)C1)c1ccc(OC(F)F)cc1. The van der Waals surface area contributed by atoms with Gasteiger partial charge in [-0.1, -0.05) is 12.1 Å². The van der Waals surface area contributed by atoms with Gasteiger partial charge in [0.05, 0.1) is 6.04 Å². The highest BCUT2D eigenvalue weighted by molar-refractivity contribution is 5.74. The van der Waals surface area contributed by atoms with Crippen LogP contribution in [0.3, 0.4) is 0 Å². The molecule has 2 amide bonds. The van der Waals surface area contributed by atoms with Crippen molar-refractivity contribution in [2.24, 2.45) is 0 Å². The van der Waals surface area contributed by atoms with E-state index in [-0.39, 0.29) is 17.8 Å². The number of urea groups is 1. The Labute approximate surface area is 141 Å². The van der Waals surface area contributed by atoms with Crippen molar-refractivity contribution in [2.45, 2.75) is 38.5 Å². The zero-order chi connectivity index (χ0) is 17.7. The molecule has 0 spiro atoms. The predicted octanol–water partition coefficient (Wildman–Crippen LogP) is 3.08. The zero-order valence-corrected chi connectivity index (χ0v) is 14.3. The van der Waals surface area contributed by atoms with E-state index < -0.39 is 6.61 Å². The summed E-state index contributed by atoms with van der Waals surface area (Å²) in [5.41, 5.74) is 0.839. The number of likely N-dealkylation sites (tertiary alicyclic amines) is 1. The standard InChI is InChI=1S/C17H25F2N3O2/c1-12(13-6-8-15(9-7-13)24-16(18)19)20-17(23)22-10-4-5-14(11-22)21(2)3/h6-9,12,14,16H,4-5,10-11H2,1-3H3,(H,20,23)/t12-,14+/m0/s1. The topological polar surface area (TPSA) is 44.8 Å². The van der Waals surface area contributed by atoms with E-state index in [2.05, 4.69) is 15.0 Å². The fourth-order valence-corrected chi connectivity index (χ4v) is 2.86. The minimum atomic E-state index is -2.84. The fourth-order valence-electron chi connectivity index (χ4n) is 2.86. The number of hydrogen-bond donors (Lipinski definition) is 1. The number of piperidine rings is 1. The first-order chi connectivity index (χ1) is 11.4. The van der Waals surface area contributed by atoms with Crippen LogP contribution in [-0.4, -0.2) is 55.7 Å². The number of amides is 2. The molecule has 1 aromatic rings. The van der Waals surface area contributed by atoms with E-state index in [1.165, 1.54) is 12.1 Å². The van der Waals surface area contributed by atoms with Crippen molar-refractivity contribution >= 4 is 6.03 Å². The number of ether oxygens (including phenoxy) is 1. The molecule has 2 atom stereocenters. The number of nitrogens with zero attached hydrogens (tertiary/aromatic N) is 2. The number of hydrogen-bond acceptors (Lipinski definition) is 3. The molecule has 1 aliphatic rings. The lowest BCUT2D eigenvalue weighted by atomic mass is 10.1. The summed E-state index contributed by atoms with van der Waals surface area (Å²) in [6.45, 7) is 0.502. The number of halogens is 2. The molecule has 7 heteroatoms. The van der Waals surface area contributed by atoms with Crippen LogP contribution < -0.4 is 10.1 Å². The van der Waals surface area contributed by atoms with Gasteiger partial charge >= 0.3 is 12.6 Å². The number of likely N-dealkylation sites (N-methyl/N-ethyl adjacent to an activating group) is 1. The van der Waals surface area contributed by atoms with E-state index in [4.69, 9.17) is 0 Å². The monoisotopic (exact) mass is 341 g/mol. The number of benzene rings is 1. The van der Waals surface area contributed by atoms with Crippen LogP contribution >= 0.6 is 0 Å². The first-order valence-electron chi connectivity index (χ1n) is 8.13. The second-order valence-electron chi connectivity index (χ2n) is 6.32. The number of rotatable bonds is 5. The molecule has 0 unspecified atom stereocenters. The van der Waals surface area contributed by atoms with Crippen molar-refractivity contribution in [3.8, 4) is 5.75 Å². The first-order valence-corrected chi connectivity index (χ1v) is 8.13. The largest absolute Gasteiger partial charge is 0.435 e. The van der Waals surface area contributed by atoms with Crippen LogP contribution in [-0.2, 0) is 0 Å². The third kappa shape index (κ3) is 5.06. The molecular formula is C17H25F2N3O2. The molecular weight excluding hydrogens is 316 g/mol. The maximum atomic E-state index is 12.4. The van der Waals surface area contributed by atoms with Gasteiger partial charge in [0, 0.05) is 19.1 Å². The Bertz CT molecular complexity index is 537. The summed E-state index contributed by atoms with van der Waals surface area (Å²) in [7, 11) is 4.05. The molecule has 24 heavy (non-hydrogen) atoms. The van der Waals surface area contributed by atoms with Gasteiger partial charge in [0.15, 0.2) is 0 Å². The Balaban J connectivity index is 1.91. The Morgan fingerprint density at radius 3 is 2.58 bits per heavy atom. The summed E-state index contributed by atoms with van der Waals surface area (Å²) in [6.07, 6.45) is 2.09. The van der Waals surface area contributed by atoms with Gasteiger partial charge in [0.1, 0.15) is 5.75 Å². The maximum Gasteiger partial charge on any atom is 0.387 e. The lowest BCUT2D eigenvalue weighted by Crippen LogP contribution is -2.51. The molecule has 1 aliphatic heterocycles. The lowest BCUT2D eigenvalue weighted by molar-refractivity contribution is -0.0498. The highest BCUT2D eigenvalue weighted by atomic mass is 19.3. The van der Waals surface area contributed by atoms with Gasteiger partial charge in [-0.05, 0) is 51.6 Å². The molecule has 1 aromatic carbocycles. The van der Waals surface area contributed by atoms with E-state index in [1.807, 2.05) is 25.9 Å². The van der Waals surface area contributed by atoms with Crippen molar-refractivity contribution in [1.82, 2.24) is 15.1 Å². The average Bonchev–Trinajstić information content (AvgIpc) is 2.55. The molecule has 5 nitrogen and oxygen atoms in total. The van der Waals surface area contributed by atoms with Crippen LogP contribution in [0, 0.1) is 0 Å². The quantitative estimate of drug-likeness (QED) is 0.895. The van der Waals surface area contributed by atoms with E-state index in [9.17, 15) is 13.6 Å². The normalized spacial score (nSPS) is 19.5. The van der Waals surface area contributed by atoms with Gasteiger partial charge in [-0.15, -0.1) is 0 Å². The molecule has 0 radical (unpaired) electrons. The summed E-state index contributed by atoms with van der Waals surface area (Å²) >= 11 is 0. The third-order valence-electron chi connectivity index (χ3n) is 4.36. The molecule has 1 N–H and O–H groups in total. The molecule has 1 fully saturated rings. The second kappa shape index (κ2) is 8.28. The van der Waals surface area contributed by atoms with Crippen molar-refractivity contribution < 1.29 is 18.3 Å². The van der Waals surface area contributed by atoms with E-state index >= 15 is 0 Å². The molecule has 0 bridgehead atoms. The maximum absolute atomic E-state index is 12.4. The van der Waals surface area contributed by atoms with Gasteiger partial charge in [-0.2, -0.15) is 8.78 Å². The molecule has 0 saturated carbocycles. The summed E-state index contributed by atoms with van der Waals surface area (Å²) in [6, 6.07) is 6.40. The van der Waals surface area contributed by atoms with Gasteiger partial charge in [0.25, 0.3) is 0 Å². The smallest absolute Gasteiger partial charge is 0.387 e. The summed E-state index contributed by atoms with van der Waals surface area (Å²) in [5, 5.41) is 2.97. The van der Waals surface area contributed by atoms with Gasteiger partial charge in [-0.25, -0.2) is 4.79 Å². The van der Waals surface area contributed by atoms with Crippen molar-refractivity contribution in [2.75, 3.05) is 27.2 Å². The first kappa shape index (κ1) is 18.4. The van der Waals surface area contributed by atoms with Gasteiger partial charge < -0.3 is 19.9 Å². The minimum absolute atomic E-state index is 0.0954. The Morgan fingerprint density at radius 1 is 1.33 bits per heavy atom. The van der Waals surface area contributed by atoms with Crippen molar-refractivity contribution in [3.63, 3.8) is 0 Å². The Kier molecular flexibility index (Phi) is 6.36. The van der Waals surface area contributed by atoms with Crippen LogP contribution in [0.25, 0.3) is 0 Å². The molecule has 134 valence electrons. The van der Waals surface area contributed by atoms with E-state index in [0.717, 1.165) is 24.9 Å². The summed E-state index contributed by atoms with van der Waals surface area (Å²) < 4.78 is 28.6. The van der Waals surface area contributed by atoms with Crippen LogP contribution in [0.15, 0.2) is 24.3 Å². The van der Waals surface area contributed by atoms with Crippen molar-refractivity contribution in [1.29, 1.82) is 0 Å². The Hall–Kier alpha value is -1.89. The average molecular weight is 341 g/mol. The van der Waals surface area contributed by atoms with E-state index in [1.54, 1.807) is 12.1 Å². The number of alkyl halides is 2. The van der Waals surface area contributed by atoms with E-state index in [0.29, 0.717) is 12.6 Å². The van der Waals surface area contributed by atoms with Crippen LogP contribution in [0.1, 0.15) is 31.4 Å². The number of carbonyl (C=O) groups is 1. The van der Waals surface area contributed by atoms with Crippen LogP contribution in [0.2, 0.25) is 0 Å². The van der Waals surface area contributed by atoms with Crippen LogP contribution in [0.5, 0.6) is 5.75 Å². The summed E-state index contributed by atoms with van der Waals surface area (Å²) in [5.74, 6) is 0.108. The molecule has 1 saturated heterocycles. The number of nitrogens with one attached hydrogen (secondary N) is 1. The molecule has 1 heterocycles. The highest BCUT2D eigenvalue weighted by Gasteiger charge is 2.25. The fraction of sp³-hybridized carbons (Fsp3) is 0.588. The van der Waals surface area contributed by atoms with Crippen LogP contribution in [0.4, 0.5) is 13.6 Å². The second-order valence-corrected chi connectivity index (χ2v) is 6.32.